The summed E-state index contributed by atoms with van der Waals surface area (Å²) in [5.74, 6) is -0.0515. The van der Waals surface area contributed by atoms with Gasteiger partial charge in [-0.05, 0) is 24.1 Å². The maximum absolute atomic E-state index is 11.9. The predicted molar refractivity (Wildman–Crippen MR) is 77.7 cm³/mol. The van der Waals surface area contributed by atoms with E-state index in [-0.39, 0.29) is 5.69 Å². The third-order valence-corrected chi connectivity index (χ3v) is 3.18. The van der Waals surface area contributed by atoms with Crippen LogP contribution in [0.2, 0.25) is 0 Å². The van der Waals surface area contributed by atoms with E-state index in [4.69, 9.17) is 10.5 Å². The van der Waals surface area contributed by atoms with Crippen LogP contribution >= 0.6 is 0 Å². The highest BCUT2D eigenvalue weighted by Crippen LogP contribution is 2.16. The molecular weight excluding hydrogens is 254 g/mol. The highest BCUT2D eigenvalue weighted by molar-refractivity contribution is 5.87. The van der Waals surface area contributed by atoms with E-state index in [1.807, 2.05) is 25.1 Å². The number of rotatable bonds is 5. The fourth-order valence-electron chi connectivity index (χ4n) is 1.67. The first-order valence-corrected chi connectivity index (χ1v) is 6.69. The van der Waals surface area contributed by atoms with Gasteiger partial charge in [-0.3, -0.25) is 0 Å². The summed E-state index contributed by atoms with van der Waals surface area (Å²) in [5, 5.41) is 4.21. The molecule has 0 saturated carbocycles. The molecule has 0 spiro atoms. The summed E-state index contributed by atoms with van der Waals surface area (Å²) >= 11 is 0. The monoisotopic (exact) mass is 273 g/mol. The van der Waals surface area contributed by atoms with Crippen LogP contribution in [-0.4, -0.2) is 22.4 Å². The van der Waals surface area contributed by atoms with E-state index in [1.54, 1.807) is 23.0 Å². The van der Waals surface area contributed by atoms with Crippen LogP contribution in [0.5, 0.6) is 0 Å². The Balaban J connectivity index is 2.09. The van der Waals surface area contributed by atoms with Crippen molar-refractivity contribution in [3.63, 3.8) is 0 Å². The van der Waals surface area contributed by atoms with Gasteiger partial charge in [0.2, 0.25) is 0 Å². The van der Waals surface area contributed by atoms with Gasteiger partial charge in [0, 0.05) is 6.20 Å². The third-order valence-electron chi connectivity index (χ3n) is 3.18. The lowest BCUT2D eigenvalue weighted by atomic mass is 10.1. The summed E-state index contributed by atoms with van der Waals surface area (Å²) in [4.78, 5) is 11.9. The number of benzene rings is 1. The lowest BCUT2D eigenvalue weighted by molar-refractivity contribution is 0.0439. The molecule has 20 heavy (non-hydrogen) atoms. The molecule has 2 N–H and O–H groups in total. The maximum Gasteiger partial charge on any atom is 0.358 e. The topological polar surface area (TPSA) is 70.1 Å². The average Bonchev–Trinajstić information content (AvgIpc) is 2.94. The van der Waals surface area contributed by atoms with Crippen LogP contribution in [0.1, 0.15) is 30.8 Å². The standard InChI is InChI=1S/C15H19N3O2/c1-3-11(2)10-20-15(19)13-8-9-18(17-13)14-7-5-4-6-12(14)16/h4-9,11H,3,10,16H2,1-2H3. The SMILES string of the molecule is CCC(C)COC(=O)c1ccn(-c2ccccc2N)n1. The molecule has 1 aromatic heterocycles. The van der Waals surface area contributed by atoms with Gasteiger partial charge in [0.15, 0.2) is 5.69 Å². The Hall–Kier alpha value is -2.30. The number of carbonyl (C=O) groups is 1. The molecular formula is C15H19N3O2. The number of ether oxygens (including phenoxy) is 1. The zero-order valence-electron chi connectivity index (χ0n) is 11.7. The van der Waals surface area contributed by atoms with Gasteiger partial charge < -0.3 is 10.5 Å². The number of anilines is 1. The van der Waals surface area contributed by atoms with Crippen LogP contribution in [0.4, 0.5) is 5.69 Å². The fourth-order valence-corrected chi connectivity index (χ4v) is 1.67. The van der Waals surface area contributed by atoms with Crippen molar-refractivity contribution in [2.24, 2.45) is 5.92 Å². The van der Waals surface area contributed by atoms with E-state index in [0.717, 1.165) is 12.1 Å². The van der Waals surface area contributed by atoms with E-state index < -0.39 is 5.97 Å². The number of hydrogen-bond donors (Lipinski definition) is 1. The van der Waals surface area contributed by atoms with Crippen molar-refractivity contribution < 1.29 is 9.53 Å². The van der Waals surface area contributed by atoms with Crippen molar-refractivity contribution in [3.05, 3.63) is 42.2 Å². The van der Waals surface area contributed by atoms with Crippen molar-refractivity contribution in [2.45, 2.75) is 20.3 Å². The van der Waals surface area contributed by atoms with Gasteiger partial charge in [0.1, 0.15) is 0 Å². The Morgan fingerprint density at radius 3 is 2.85 bits per heavy atom. The first-order valence-electron chi connectivity index (χ1n) is 6.69. The van der Waals surface area contributed by atoms with Gasteiger partial charge >= 0.3 is 5.97 Å². The van der Waals surface area contributed by atoms with Crippen molar-refractivity contribution in [1.82, 2.24) is 9.78 Å². The average molecular weight is 273 g/mol. The van der Waals surface area contributed by atoms with E-state index in [0.29, 0.717) is 18.2 Å². The molecule has 0 amide bonds. The molecule has 1 heterocycles. The van der Waals surface area contributed by atoms with E-state index >= 15 is 0 Å². The van der Waals surface area contributed by atoms with Crippen LogP contribution in [0.25, 0.3) is 5.69 Å². The molecule has 0 aliphatic carbocycles. The minimum absolute atomic E-state index is 0.288. The van der Waals surface area contributed by atoms with E-state index in [1.165, 1.54) is 0 Å². The first kappa shape index (κ1) is 14.1. The van der Waals surface area contributed by atoms with Crippen molar-refractivity contribution >= 4 is 11.7 Å². The lowest BCUT2D eigenvalue weighted by Gasteiger charge is -2.08. The van der Waals surface area contributed by atoms with Crippen molar-refractivity contribution in [1.29, 1.82) is 0 Å². The molecule has 0 fully saturated rings. The smallest absolute Gasteiger partial charge is 0.358 e. The molecule has 5 heteroatoms. The minimum atomic E-state index is -0.404. The van der Waals surface area contributed by atoms with Crippen LogP contribution in [-0.2, 0) is 4.74 Å². The number of nitrogens with zero attached hydrogens (tertiary/aromatic N) is 2. The molecule has 0 radical (unpaired) electrons. The molecule has 0 bridgehead atoms. The number of carbonyl (C=O) groups excluding carboxylic acids is 1. The van der Waals surface area contributed by atoms with Crippen LogP contribution < -0.4 is 5.73 Å². The molecule has 5 nitrogen and oxygen atoms in total. The Labute approximate surface area is 118 Å². The number of esters is 1. The number of nitrogen functional groups attached to an aromatic ring is 1. The fraction of sp³-hybridized carbons (Fsp3) is 0.333. The zero-order valence-corrected chi connectivity index (χ0v) is 11.7. The second kappa shape index (κ2) is 6.23. The quantitative estimate of drug-likeness (QED) is 0.671. The summed E-state index contributed by atoms with van der Waals surface area (Å²) in [7, 11) is 0. The van der Waals surface area contributed by atoms with E-state index in [2.05, 4.69) is 12.0 Å². The molecule has 106 valence electrons. The molecule has 2 aromatic rings. The van der Waals surface area contributed by atoms with Crippen molar-refractivity contribution in [2.75, 3.05) is 12.3 Å². The van der Waals surface area contributed by atoms with Gasteiger partial charge in [0.25, 0.3) is 0 Å². The number of para-hydroxylation sites is 2. The Bertz CT molecular complexity index is 592. The summed E-state index contributed by atoms with van der Waals surface area (Å²) in [6.45, 7) is 4.51. The summed E-state index contributed by atoms with van der Waals surface area (Å²) in [6, 6.07) is 8.98. The Kier molecular flexibility index (Phi) is 4.40. The van der Waals surface area contributed by atoms with E-state index in [9.17, 15) is 4.79 Å². The highest BCUT2D eigenvalue weighted by atomic mass is 16.5. The first-order chi connectivity index (χ1) is 9.61. The molecule has 1 unspecified atom stereocenters. The van der Waals surface area contributed by atoms with Crippen molar-refractivity contribution in [3.8, 4) is 5.69 Å². The molecule has 0 saturated heterocycles. The normalized spacial score (nSPS) is 12.1. The third kappa shape index (κ3) is 3.17. The highest BCUT2D eigenvalue weighted by Gasteiger charge is 2.13. The predicted octanol–water partition coefficient (Wildman–Crippen LogP) is 2.66. The van der Waals surface area contributed by atoms with Gasteiger partial charge in [-0.25, -0.2) is 9.48 Å². The molecule has 0 aliphatic heterocycles. The Morgan fingerprint density at radius 1 is 1.40 bits per heavy atom. The van der Waals surface area contributed by atoms with Gasteiger partial charge in [0.05, 0.1) is 18.0 Å². The minimum Gasteiger partial charge on any atom is -0.461 e. The largest absolute Gasteiger partial charge is 0.461 e. The van der Waals surface area contributed by atoms with Crippen LogP contribution in [0, 0.1) is 5.92 Å². The maximum atomic E-state index is 11.9. The van der Waals surface area contributed by atoms with Gasteiger partial charge in [-0.15, -0.1) is 0 Å². The second-order valence-corrected chi connectivity index (χ2v) is 4.82. The number of nitrogens with two attached hydrogens (primary N) is 1. The number of hydrogen-bond acceptors (Lipinski definition) is 4. The molecule has 1 aromatic carbocycles. The van der Waals surface area contributed by atoms with Crippen LogP contribution in [0.15, 0.2) is 36.5 Å². The van der Waals surface area contributed by atoms with Gasteiger partial charge in [-0.2, -0.15) is 5.10 Å². The molecule has 0 aliphatic rings. The van der Waals surface area contributed by atoms with Crippen LogP contribution in [0.3, 0.4) is 0 Å². The lowest BCUT2D eigenvalue weighted by Crippen LogP contribution is -2.12. The molecule has 1 atom stereocenters. The number of aromatic nitrogens is 2. The summed E-state index contributed by atoms with van der Waals surface area (Å²) in [5.41, 5.74) is 7.52. The second-order valence-electron chi connectivity index (χ2n) is 4.82. The molecule has 2 rings (SSSR count). The zero-order chi connectivity index (χ0) is 14.5. The van der Waals surface area contributed by atoms with Gasteiger partial charge in [-0.1, -0.05) is 32.4 Å². The summed E-state index contributed by atoms with van der Waals surface area (Å²) < 4.78 is 6.79. The Morgan fingerprint density at radius 2 is 2.15 bits per heavy atom. The summed E-state index contributed by atoms with van der Waals surface area (Å²) in [6.07, 6.45) is 2.67.